The maximum Gasteiger partial charge on any atom is 0.167 e. The molecule has 1 aliphatic heterocycles. The van der Waals surface area contributed by atoms with Crippen molar-refractivity contribution < 1.29 is 14.9 Å². The van der Waals surface area contributed by atoms with E-state index in [1.54, 1.807) is 0 Å². The predicted molar refractivity (Wildman–Crippen MR) is 69.7 cm³/mol. The van der Waals surface area contributed by atoms with Crippen LogP contribution in [0.5, 0.6) is 0 Å². The third-order valence-corrected chi connectivity index (χ3v) is 3.36. The van der Waals surface area contributed by atoms with E-state index in [1.165, 1.54) is 17.2 Å². The fourth-order valence-corrected chi connectivity index (χ4v) is 2.35. The maximum absolute atomic E-state index is 10.0. The summed E-state index contributed by atoms with van der Waals surface area (Å²) in [4.78, 5) is 14.7. The largest absolute Gasteiger partial charge is 0.394 e. The van der Waals surface area contributed by atoms with E-state index >= 15 is 0 Å². The Morgan fingerprint density at radius 2 is 2.29 bits per heavy atom. The minimum absolute atomic E-state index is 0.205. The molecule has 2 aromatic heterocycles. The van der Waals surface area contributed by atoms with Gasteiger partial charge in [0.1, 0.15) is 30.2 Å². The number of nitrogen functional groups attached to an aromatic ring is 1. The van der Waals surface area contributed by atoms with E-state index < -0.39 is 31.1 Å². The van der Waals surface area contributed by atoms with E-state index in [2.05, 4.69) is 25.0 Å². The first-order chi connectivity index (χ1) is 10.2. The molecule has 1 fully saturated rings. The third kappa shape index (κ3) is 2.04. The molecular weight excluding hydrogens is 280 g/mol. The molecule has 3 rings (SSSR count). The van der Waals surface area contributed by atoms with Crippen LogP contribution in [0, 0.1) is 0 Å². The van der Waals surface area contributed by atoms with Crippen LogP contribution in [0.1, 0.15) is 6.23 Å². The molecule has 1 aliphatic rings. The Kier molecular flexibility index (Phi) is 3.31. The standard InChI is InChI=1S/C10H12N8O3/c11-8-6-9(14-2-13-8)18(3-15-6)10-5(16-17-12)7(20)4(1-19)21-10/h2-5,7,10,19-20H,1H2,(H2,11,13,14)/t4-,5?,7+,10-/m0/s1. The number of aliphatic hydroxyl groups is 2. The number of hydrogen-bond donors (Lipinski definition) is 3. The number of anilines is 1. The van der Waals surface area contributed by atoms with Gasteiger partial charge in [-0.1, -0.05) is 5.11 Å². The summed E-state index contributed by atoms with van der Waals surface area (Å²) in [5.41, 5.74) is 15.1. The topological polar surface area (TPSA) is 168 Å². The molecule has 0 amide bonds. The molecule has 0 bridgehead atoms. The van der Waals surface area contributed by atoms with E-state index in [1.807, 2.05) is 0 Å². The number of hydrogen-bond acceptors (Lipinski definition) is 8. The van der Waals surface area contributed by atoms with Gasteiger partial charge in [-0.2, -0.15) is 0 Å². The van der Waals surface area contributed by atoms with E-state index in [0.717, 1.165) is 0 Å². The monoisotopic (exact) mass is 292 g/mol. The van der Waals surface area contributed by atoms with Crippen molar-refractivity contribution in [1.82, 2.24) is 19.5 Å². The summed E-state index contributed by atoms with van der Waals surface area (Å²) in [6.07, 6.45) is -0.151. The van der Waals surface area contributed by atoms with Gasteiger partial charge in [0, 0.05) is 4.91 Å². The minimum atomic E-state index is -1.13. The van der Waals surface area contributed by atoms with E-state index in [9.17, 15) is 10.2 Å². The van der Waals surface area contributed by atoms with Gasteiger partial charge >= 0.3 is 0 Å². The number of nitrogens with two attached hydrogens (primary N) is 1. The minimum Gasteiger partial charge on any atom is -0.394 e. The zero-order chi connectivity index (χ0) is 15.0. The number of imidazole rings is 1. The third-order valence-electron chi connectivity index (χ3n) is 3.36. The van der Waals surface area contributed by atoms with Gasteiger partial charge in [0.15, 0.2) is 11.5 Å². The summed E-state index contributed by atoms with van der Waals surface area (Å²) in [5.74, 6) is 0.205. The smallest absolute Gasteiger partial charge is 0.167 e. The van der Waals surface area contributed by atoms with Crippen LogP contribution in [0.3, 0.4) is 0 Å². The number of nitrogens with zero attached hydrogens (tertiary/aromatic N) is 7. The normalized spacial score (nSPS) is 28.7. The molecule has 4 atom stereocenters. The summed E-state index contributed by atoms with van der Waals surface area (Å²) < 4.78 is 7.03. The van der Waals surface area contributed by atoms with Gasteiger partial charge in [-0.25, -0.2) is 15.0 Å². The van der Waals surface area contributed by atoms with Crippen molar-refractivity contribution in [2.75, 3.05) is 12.3 Å². The fourth-order valence-electron chi connectivity index (χ4n) is 2.35. The molecule has 0 aliphatic carbocycles. The number of azide groups is 1. The average molecular weight is 292 g/mol. The number of ether oxygens (including phenoxy) is 1. The zero-order valence-corrected chi connectivity index (χ0v) is 10.7. The number of fused-ring (bicyclic) bond motifs is 1. The molecule has 2 aromatic rings. The molecule has 11 nitrogen and oxygen atoms in total. The first kappa shape index (κ1) is 13.5. The first-order valence-corrected chi connectivity index (χ1v) is 6.09. The lowest BCUT2D eigenvalue weighted by molar-refractivity contribution is -0.0437. The van der Waals surface area contributed by atoms with E-state index in [0.29, 0.717) is 11.2 Å². The zero-order valence-electron chi connectivity index (χ0n) is 10.7. The van der Waals surface area contributed by atoms with Crippen molar-refractivity contribution in [3.05, 3.63) is 23.1 Å². The highest BCUT2D eigenvalue weighted by molar-refractivity contribution is 5.81. The number of aliphatic hydroxyl groups excluding tert-OH is 2. The van der Waals surface area contributed by atoms with Gasteiger partial charge in [-0.15, -0.1) is 0 Å². The van der Waals surface area contributed by atoms with Crippen molar-refractivity contribution in [3.8, 4) is 0 Å². The molecule has 0 radical (unpaired) electrons. The molecule has 110 valence electrons. The van der Waals surface area contributed by atoms with E-state index in [4.69, 9.17) is 16.0 Å². The van der Waals surface area contributed by atoms with Crippen molar-refractivity contribution in [3.63, 3.8) is 0 Å². The van der Waals surface area contributed by atoms with Gasteiger partial charge in [0.05, 0.1) is 19.0 Å². The second kappa shape index (κ2) is 5.14. The summed E-state index contributed by atoms with van der Waals surface area (Å²) >= 11 is 0. The van der Waals surface area contributed by atoms with Crippen LogP contribution >= 0.6 is 0 Å². The quantitative estimate of drug-likeness (QED) is 0.383. The molecule has 0 spiro atoms. The van der Waals surface area contributed by atoms with Crippen molar-refractivity contribution in [1.29, 1.82) is 0 Å². The summed E-state index contributed by atoms with van der Waals surface area (Å²) in [6, 6.07) is -0.916. The first-order valence-electron chi connectivity index (χ1n) is 6.09. The Bertz CT molecular complexity index is 711. The molecule has 1 unspecified atom stereocenters. The van der Waals surface area contributed by atoms with Gasteiger partial charge in [0.25, 0.3) is 0 Å². The lowest BCUT2D eigenvalue weighted by Crippen LogP contribution is -2.31. The Morgan fingerprint density at radius 1 is 1.48 bits per heavy atom. The average Bonchev–Trinajstić information content (AvgIpc) is 3.03. The number of rotatable bonds is 3. The van der Waals surface area contributed by atoms with Crippen molar-refractivity contribution in [2.24, 2.45) is 5.11 Å². The van der Waals surface area contributed by atoms with Gasteiger partial charge in [-0.3, -0.25) is 4.57 Å². The van der Waals surface area contributed by atoms with Crippen LogP contribution in [0.2, 0.25) is 0 Å². The second-order valence-electron chi connectivity index (χ2n) is 4.52. The highest BCUT2D eigenvalue weighted by Crippen LogP contribution is 2.33. The molecule has 1 saturated heterocycles. The SMILES string of the molecule is [N-]=[N+]=NC1[C@H](O)[C@H](CO)O[C@@H]1n1cnc2c(N)ncnc21. The van der Waals surface area contributed by atoms with Crippen LogP contribution in [0.15, 0.2) is 17.8 Å². The summed E-state index contributed by atoms with van der Waals surface area (Å²) in [6.45, 7) is -0.404. The van der Waals surface area contributed by atoms with Gasteiger partial charge in [-0.05, 0) is 5.53 Å². The Labute approximate surface area is 117 Å². The molecular formula is C10H12N8O3. The van der Waals surface area contributed by atoms with Crippen LogP contribution in [0.25, 0.3) is 21.6 Å². The molecule has 21 heavy (non-hydrogen) atoms. The van der Waals surface area contributed by atoms with Crippen molar-refractivity contribution >= 4 is 17.0 Å². The van der Waals surface area contributed by atoms with Crippen LogP contribution in [-0.4, -0.2) is 54.6 Å². The maximum atomic E-state index is 10.0. The molecule has 0 aromatic carbocycles. The van der Waals surface area contributed by atoms with Crippen LogP contribution < -0.4 is 5.73 Å². The Balaban J connectivity index is 2.08. The van der Waals surface area contributed by atoms with E-state index in [-0.39, 0.29) is 5.82 Å². The summed E-state index contributed by atoms with van der Waals surface area (Å²) in [7, 11) is 0. The second-order valence-corrected chi connectivity index (χ2v) is 4.52. The molecule has 4 N–H and O–H groups in total. The Morgan fingerprint density at radius 3 is 3.00 bits per heavy atom. The summed E-state index contributed by atoms with van der Waals surface area (Å²) in [5, 5.41) is 22.8. The molecule has 0 saturated carbocycles. The number of aromatic nitrogens is 4. The molecule has 11 heteroatoms. The lowest BCUT2D eigenvalue weighted by atomic mass is 10.1. The Hall–Kier alpha value is -2.46. The lowest BCUT2D eigenvalue weighted by Gasteiger charge is -2.16. The predicted octanol–water partition coefficient (Wildman–Crippen LogP) is -0.662. The van der Waals surface area contributed by atoms with Gasteiger partial charge < -0.3 is 20.7 Å². The highest BCUT2D eigenvalue weighted by atomic mass is 16.5. The van der Waals surface area contributed by atoms with Gasteiger partial charge in [0.2, 0.25) is 0 Å². The fraction of sp³-hybridized carbons (Fsp3) is 0.500. The highest BCUT2D eigenvalue weighted by Gasteiger charge is 2.44. The van der Waals surface area contributed by atoms with Crippen LogP contribution in [0.4, 0.5) is 5.82 Å². The molecule has 3 heterocycles. The van der Waals surface area contributed by atoms with Crippen molar-refractivity contribution in [2.45, 2.75) is 24.5 Å². The van der Waals surface area contributed by atoms with Crippen LogP contribution in [-0.2, 0) is 4.74 Å².